The lowest BCUT2D eigenvalue weighted by Gasteiger charge is -2.34. The predicted octanol–water partition coefficient (Wildman–Crippen LogP) is 2.56. The predicted molar refractivity (Wildman–Crippen MR) is 71.2 cm³/mol. The highest BCUT2D eigenvalue weighted by atomic mass is 16.5. The van der Waals surface area contributed by atoms with Gasteiger partial charge in [-0.1, -0.05) is 13.8 Å². The van der Waals surface area contributed by atoms with E-state index in [4.69, 9.17) is 10.5 Å². The fourth-order valence-corrected chi connectivity index (χ4v) is 3.19. The number of hydrogen-bond donors (Lipinski definition) is 1. The molecule has 0 bridgehead atoms. The summed E-state index contributed by atoms with van der Waals surface area (Å²) < 4.78 is 5.13. The van der Waals surface area contributed by atoms with Gasteiger partial charge in [0.1, 0.15) is 6.33 Å². The van der Waals surface area contributed by atoms with Crippen LogP contribution in [0.5, 0.6) is 5.88 Å². The molecule has 0 aliphatic heterocycles. The first-order chi connectivity index (χ1) is 8.60. The Hall–Kier alpha value is -1.16. The molecule has 0 radical (unpaired) electrons. The molecule has 1 aromatic rings. The van der Waals surface area contributed by atoms with E-state index in [1.807, 2.05) is 6.07 Å². The van der Waals surface area contributed by atoms with Gasteiger partial charge in [0, 0.05) is 6.07 Å². The van der Waals surface area contributed by atoms with Crippen molar-refractivity contribution in [1.29, 1.82) is 0 Å². The molecule has 1 fully saturated rings. The fourth-order valence-electron chi connectivity index (χ4n) is 3.19. The maximum Gasteiger partial charge on any atom is 0.216 e. The van der Waals surface area contributed by atoms with Crippen LogP contribution < -0.4 is 10.5 Å². The topological polar surface area (TPSA) is 61.0 Å². The summed E-state index contributed by atoms with van der Waals surface area (Å²) in [5.41, 5.74) is 7.27. The molecule has 100 valence electrons. The molecule has 3 atom stereocenters. The molecule has 1 heterocycles. The molecular weight excluding hydrogens is 226 g/mol. The van der Waals surface area contributed by atoms with Crippen LogP contribution in [0.1, 0.15) is 44.8 Å². The van der Waals surface area contributed by atoms with E-state index in [9.17, 15) is 0 Å². The second-order valence-corrected chi connectivity index (χ2v) is 5.69. The summed E-state index contributed by atoms with van der Waals surface area (Å²) in [6.07, 6.45) is 5.23. The van der Waals surface area contributed by atoms with Gasteiger partial charge in [0.25, 0.3) is 0 Å². The molecule has 4 heteroatoms. The standard InChI is InChI=1S/C14H23N3O/c1-9-4-10(2)6-11(5-9)14(15)12-7-13(18-3)17-8-16-12/h7-11,14H,4-6,15H2,1-3H3. The number of rotatable bonds is 3. The highest BCUT2D eigenvalue weighted by Crippen LogP contribution is 2.38. The van der Waals surface area contributed by atoms with Gasteiger partial charge in [0.2, 0.25) is 5.88 Å². The Bertz CT molecular complexity index is 386. The first-order valence-corrected chi connectivity index (χ1v) is 6.71. The van der Waals surface area contributed by atoms with Crippen LogP contribution in [0.15, 0.2) is 12.4 Å². The zero-order valence-corrected chi connectivity index (χ0v) is 11.5. The van der Waals surface area contributed by atoms with E-state index >= 15 is 0 Å². The minimum absolute atomic E-state index is 0.00731. The van der Waals surface area contributed by atoms with Gasteiger partial charge in [0.15, 0.2) is 0 Å². The Morgan fingerprint density at radius 1 is 1.22 bits per heavy atom. The molecule has 1 aromatic heterocycles. The van der Waals surface area contributed by atoms with E-state index in [0.29, 0.717) is 11.8 Å². The van der Waals surface area contributed by atoms with Gasteiger partial charge in [-0.25, -0.2) is 9.97 Å². The lowest BCUT2D eigenvalue weighted by Crippen LogP contribution is -2.29. The SMILES string of the molecule is COc1cc(C(N)C2CC(C)CC(C)C2)ncn1. The number of nitrogens with two attached hydrogens (primary N) is 1. The van der Waals surface area contributed by atoms with Crippen molar-refractivity contribution >= 4 is 0 Å². The normalized spacial score (nSPS) is 29.9. The summed E-state index contributed by atoms with van der Waals surface area (Å²) in [5.74, 6) is 2.62. The molecule has 0 amide bonds. The fraction of sp³-hybridized carbons (Fsp3) is 0.714. The maximum atomic E-state index is 6.37. The van der Waals surface area contributed by atoms with Crippen molar-refractivity contribution in [3.05, 3.63) is 18.1 Å². The lowest BCUT2D eigenvalue weighted by molar-refractivity contribution is 0.191. The second-order valence-electron chi connectivity index (χ2n) is 5.69. The zero-order chi connectivity index (χ0) is 13.1. The number of hydrogen-bond acceptors (Lipinski definition) is 4. The molecule has 1 aliphatic rings. The van der Waals surface area contributed by atoms with Crippen molar-refractivity contribution in [1.82, 2.24) is 9.97 Å². The molecule has 1 aliphatic carbocycles. The van der Waals surface area contributed by atoms with Gasteiger partial charge in [-0.15, -0.1) is 0 Å². The third kappa shape index (κ3) is 2.99. The van der Waals surface area contributed by atoms with Crippen LogP contribution in [0, 0.1) is 17.8 Å². The third-order valence-corrected chi connectivity index (χ3v) is 3.94. The summed E-state index contributed by atoms with van der Waals surface area (Å²) in [6.45, 7) is 4.63. The van der Waals surface area contributed by atoms with Crippen molar-refractivity contribution in [3.8, 4) is 5.88 Å². The Labute approximate surface area is 109 Å². The lowest BCUT2D eigenvalue weighted by atomic mass is 9.73. The van der Waals surface area contributed by atoms with Gasteiger partial charge < -0.3 is 10.5 Å². The first kappa shape index (κ1) is 13.3. The highest BCUT2D eigenvalue weighted by Gasteiger charge is 2.29. The summed E-state index contributed by atoms with van der Waals surface area (Å²) in [4.78, 5) is 8.32. The molecule has 0 spiro atoms. The summed E-state index contributed by atoms with van der Waals surface area (Å²) in [5, 5.41) is 0. The van der Waals surface area contributed by atoms with E-state index in [-0.39, 0.29) is 6.04 Å². The summed E-state index contributed by atoms with van der Waals surface area (Å²) in [7, 11) is 1.61. The number of aromatic nitrogens is 2. The Morgan fingerprint density at radius 2 is 1.89 bits per heavy atom. The molecule has 2 rings (SSSR count). The van der Waals surface area contributed by atoms with E-state index in [2.05, 4.69) is 23.8 Å². The number of nitrogens with zero attached hydrogens (tertiary/aromatic N) is 2. The van der Waals surface area contributed by atoms with Gasteiger partial charge in [0.05, 0.1) is 18.8 Å². The van der Waals surface area contributed by atoms with Crippen molar-refractivity contribution < 1.29 is 4.74 Å². The van der Waals surface area contributed by atoms with E-state index in [0.717, 1.165) is 17.5 Å². The van der Waals surface area contributed by atoms with E-state index < -0.39 is 0 Å². The monoisotopic (exact) mass is 249 g/mol. The van der Waals surface area contributed by atoms with Crippen molar-refractivity contribution in [2.75, 3.05) is 7.11 Å². The van der Waals surface area contributed by atoms with E-state index in [1.165, 1.54) is 25.6 Å². The third-order valence-electron chi connectivity index (χ3n) is 3.94. The van der Waals surface area contributed by atoms with Gasteiger partial charge in [-0.3, -0.25) is 0 Å². The molecular formula is C14H23N3O. The molecule has 2 N–H and O–H groups in total. The zero-order valence-electron chi connectivity index (χ0n) is 11.5. The van der Waals surface area contributed by atoms with Gasteiger partial charge >= 0.3 is 0 Å². The van der Waals surface area contributed by atoms with Crippen molar-refractivity contribution in [2.24, 2.45) is 23.5 Å². The quantitative estimate of drug-likeness (QED) is 0.894. The average Bonchev–Trinajstić information content (AvgIpc) is 2.37. The van der Waals surface area contributed by atoms with Crippen LogP contribution in [0.25, 0.3) is 0 Å². The van der Waals surface area contributed by atoms with Gasteiger partial charge in [-0.2, -0.15) is 0 Å². The van der Waals surface area contributed by atoms with Gasteiger partial charge in [-0.05, 0) is 37.0 Å². The molecule has 1 saturated carbocycles. The molecule has 0 saturated heterocycles. The van der Waals surface area contributed by atoms with Crippen LogP contribution in [0.2, 0.25) is 0 Å². The number of ether oxygens (including phenoxy) is 1. The van der Waals surface area contributed by atoms with Crippen LogP contribution in [0.4, 0.5) is 0 Å². The molecule has 4 nitrogen and oxygen atoms in total. The Kier molecular flexibility index (Phi) is 4.17. The summed E-state index contributed by atoms with van der Waals surface area (Å²) >= 11 is 0. The minimum Gasteiger partial charge on any atom is -0.481 e. The minimum atomic E-state index is -0.00731. The van der Waals surface area contributed by atoms with Crippen LogP contribution >= 0.6 is 0 Å². The molecule has 3 unspecified atom stereocenters. The van der Waals surface area contributed by atoms with E-state index in [1.54, 1.807) is 7.11 Å². The molecule has 0 aromatic carbocycles. The van der Waals surface area contributed by atoms with Crippen LogP contribution in [-0.4, -0.2) is 17.1 Å². The van der Waals surface area contributed by atoms with Crippen molar-refractivity contribution in [3.63, 3.8) is 0 Å². The summed E-state index contributed by atoms with van der Waals surface area (Å²) in [6, 6.07) is 1.85. The maximum absolute atomic E-state index is 6.37. The van der Waals surface area contributed by atoms with Crippen molar-refractivity contribution in [2.45, 2.75) is 39.2 Å². The Morgan fingerprint density at radius 3 is 2.50 bits per heavy atom. The average molecular weight is 249 g/mol. The highest BCUT2D eigenvalue weighted by molar-refractivity contribution is 5.17. The Balaban J connectivity index is 2.11. The second kappa shape index (κ2) is 5.65. The molecule has 18 heavy (non-hydrogen) atoms. The first-order valence-electron chi connectivity index (χ1n) is 6.71. The van der Waals surface area contributed by atoms with Crippen LogP contribution in [-0.2, 0) is 0 Å². The van der Waals surface area contributed by atoms with Crippen LogP contribution in [0.3, 0.4) is 0 Å². The smallest absolute Gasteiger partial charge is 0.216 e. The number of methoxy groups -OCH3 is 1. The largest absolute Gasteiger partial charge is 0.481 e.